The Hall–Kier alpha value is -2.41. The van der Waals surface area contributed by atoms with Gasteiger partial charge in [0.1, 0.15) is 5.82 Å². The van der Waals surface area contributed by atoms with E-state index in [4.69, 9.17) is 0 Å². The molecule has 1 saturated heterocycles. The number of benzene rings is 1. The Morgan fingerprint density at radius 2 is 2.00 bits per heavy atom. The third-order valence-electron chi connectivity index (χ3n) is 4.03. The number of hydrogen-bond donors (Lipinski definition) is 1. The lowest BCUT2D eigenvalue weighted by Gasteiger charge is -2.35. The van der Waals surface area contributed by atoms with E-state index in [1.807, 2.05) is 6.07 Å². The van der Waals surface area contributed by atoms with Crippen molar-refractivity contribution in [3.63, 3.8) is 0 Å². The van der Waals surface area contributed by atoms with E-state index in [0.29, 0.717) is 12.2 Å². The van der Waals surface area contributed by atoms with Crippen molar-refractivity contribution < 1.29 is 9.18 Å². The Morgan fingerprint density at radius 1 is 1.26 bits per heavy atom. The van der Waals surface area contributed by atoms with E-state index in [1.54, 1.807) is 36.1 Å². The van der Waals surface area contributed by atoms with Crippen LogP contribution in [-0.4, -0.2) is 60.1 Å². The number of nitrogens with zero attached hydrogens (tertiary/aromatic N) is 4. The number of nitrogens with one attached hydrogen (secondary N) is 1. The lowest BCUT2D eigenvalue weighted by atomic mass is 10.3. The maximum Gasteiger partial charge on any atom is 0.233 e. The van der Waals surface area contributed by atoms with E-state index in [1.165, 1.54) is 6.07 Å². The number of aromatic nitrogens is 2. The Bertz CT molecular complexity index is 679. The second kappa shape index (κ2) is 6.78. The lowest BCUT2D eigenvalue weighted by Crippen LogP contribution is -2.49. The first-order chi connectivity index (χ1) is 11.2. The van der Waals surface area contributed by atoms with Crippen LogP contribution in [0.4, 0.5) is 10.3 Å². The Balaban J connectivity index is 1.72. The van der Waals surface area contributed by atoms with Gasteiger partial charge in [0.15, 0.2) is 0 Å². The van der Waals surface area contributed by atoms with Crippen molar-refractivity contribution in [1.82, 2.24) is 19.8 Å². The van der Waals surface area contributed by atoms with Gasteiger partial charge in [-0.2, -0.15) is 0 Å². The highest BCUT2D eigenvalue weighted by Gasteiger charge is 2.22. The standard InChI is InChI=1S/C16H20FN5O/c1-18-15(23)12-20-8-10-21(11-9-20)16-19-6-7-22(16)14-5-3-2-4-13(14)17/h2-7H,8-12H2,1H3,(H,18,23). The smallest absolute Gasteiger partial charge is 0.233 e. The first kappa shape index (κ1) is 15.5. The summed E-state index contributed by atoms with van der Waals surface area (Å²) in [5.41, 5.74) is 0.493. The molecule has 0 unspecified atom stereocenters. The van der Waals surface area contributed by atoms with Gasteiger partial charge in [0.2, 0.25) is 11.9 Å². The maximum atomic E-state index is 14.0. The molecule has 6 nitrogen and oxygen atoms in total. The van der Waals surface area contributed by atoms with Gasteiger partial charge in [-0.15, -0.1) is 0 Å². The molecule has 7 heteroatoms. The summed E-state index contributed by atoms with van der Waals surface area (Å²) in [4.78, 5) is 20.0. The minimum absolute atomic E-state index is 0.0197. The number of rotatable bonds is 4. The molecule has 1 amide bonds. The molecule has 1 fully saturated rings. The molecule has 1 aromatic carbocycles. The fourth-order valence-corrected chi connectivity index (χ4v) is 2.75. The average molecular weight is 317 g/mol. The van der Waals surface area contributed by atoms with Gasteiger partial charge < -0.3 is 10.2 Å². The molecule has 0 atom stereocenters. The first-order valence-electron chi connectivity index (χ1n) is 7.65. The lowest BCUT2D eigenvalue weighted by molar-refractivity contribution is -0.121. The molecule has 0 aliphatic carbocycles. The second-order valence-electron chi connectivity index (χ2n) is 5.49. The number of halogens is 1. The van der Waals surface area contributed by atoms with Crippen LogP contribution < -0.4 is 10.2 Å². The van der Waals surface area contributed by atoms with Crippen LogP contribution in [0.2, 0.25) is 0 Å². The second-order valence-corrected chi connectivity index (χ2v) is 5.49. The molecule has 1 aromatic heterocycles. The van der Waals surface area contributed by atoms with Crippen LogP contribution in [0.15, 0.2) is 36.7 Å². The summed E-state index contributed by atoms with van der Waals surface area (Å²) in [5.74, 6) is 0.478. The Labute approximate surface area is 134 Å². The quantitative estimate of drug-likeness (QED) is 0.909. The van der Waals surface area contributed by atoms with Gasteiger partial charge in [0.05, 0.1) is 12.2 Å². The molecule has 23 heavy (non-hydrogen) atoms. The molecule has 3 rings (SSSR count). The zero-order valence-corrected chi connectivity index (χ0v) is 13.1. The zero-order chi connectivity index (χ0) is 16.2. The van der Waals surface area contributed by atoms with Crippen molar-refractivity contribution in [1.29, 1.82) is 0 Å². The minimum Gasteiger partial charge on any atom is -0.358 e. The molecule has 2 aromatic rings. The van der Waals surface area contributed by atoms with Gasteiger partial charge in [-0.05, 0) is 12.1 Å². The van der Waals surface area contributed by atoms with Gasteiger partial charge in [-0.1, -0.05) is 12.1 Å². The molecule has 1 aliphatic heterocycles. The van der Waals surface area contributed by atoms with Gasteiger partial charge in [-0.3, -0.25) is 14.3 Å². The first-order valence-corrected chi connectivity index (χ1v) is 7.65. The van der Waals surface area contributed by atoms with Crippen molar-refractivity contribution in [2.45, 2.75) is 0 Å². The van der Waals surface area contributed by atoms with Crippen molar-refractivity contribution >= 4 is 11.9 Å². The summed E-state index contributed by atoms with van der Waals surface area (Å²) < 4.78 is 15.8. The van der Waals surface area contributed by atoms with Gasteiger partial charge in [0.25, 0.3) is 0 Å². The van der Waals surface area contributed by atoms with Crippen LogP contribution in [0.3, 0.4) is 0 Å². The number of para-hydroxylation sites is 1. The SMILES string of the molecule is CNC(=O)CN1CCN(c2nccn2-c2ccccc2F)CC1. The minimum atomic E-state index is -0.273. The van der Waals surface area contributed by atoms with Crippen LogP contribution in [0.25, 0.3) is 5.69 Å². The van der Waals surface area contributed by atoms with E-state index >= 15 is 0 Å². The average Bonchev–Trinajstić information content (AvgIpc) is 3.05. The van der Waals surface area contributed by atoms with Crippen molar-refractivity contribution in [3.8, 4) is 5.69 Å². The molecule has 2 heterocycles. The normalized spacial score (nSPS) is 15.7. The molecular weight excluding hydrogens is 297 g/mol. The number of anilines is 1. The molecule has 0 saturated carbocycles. The van der Waals surface area contributed by atoms with Crippen molar-refractivity contribution in [2.24, 2.45) is 0 Å². The van der Waals surface area contributed by atoms with E-state index in [-0.39, 0.29) is 11.7 Å². The molecule has 0 radical (unpaired) electrons. The van der Waals surface area contributed by atoms with Crippen molar-refractivity contribution in [3.05, 3.63) is 42.5 Å². The number of likely N-dealkylation sites (N-methyl/N-ethyl adjacent to an activating group) is 1. The third kappa shape index (κ3) is 3.34. The highest BCUT2D eigenvalue weighted by atomic mass is 19.1. The molecule has 0 bridgehead atoms. The Morgan fingerprint density at radius 3 is 2.70 bits per heavy atom. The largest absolute Gasteiger partial charge is 0.358 e. The van der Waals surface area contributed by atoms with E-state index < -0.39 is 0 Å². The Kier molecular flexibility index (Phi) is 4.57. The molecule has 0 spiro atoms. The van der Waals surface area contributed by atoms with Gasteiger partial charge in [0, 0.05) is 45.6 Å². The van der Waals surface area contributed by atoms with Crippen LogP contribution in [-0.2, 0) is 4.79 Å². The summed E-state index contributed by atoms with van der Waals surface area (Å²) in [6.45, 7) is 3.46. The summed E-state index contributed by atoms with van der Waals surface area (Å²) in [6, 6.07) is 6.67. The van der Waals surface area contributed by atoms with E-state index in [0.717, 1.165) is 32.1 Å². The number of imidazole rings is 1. The predicted molar refractivity (Wildman–Crippen MR) is 86.2 cm³/mol. The van der Waals surface area contributed by atoms with Crippen LogP contribution in [0.1, 0.15) is 0 Å². The van der Waals surface area contributed by atoms with Gasteiger partial charge in [-0.25, -0.2) is 9.37 Å². The topological polar surface area (TPSA) is 53.4 Å². The van der Waals surface area contributed by atoms with Crippen molar-refractivity contribution in [2.75, 3.05) is 44.7 Å². The predicted octanol–water partition coefficient (Wildman–Crippen LogP) is 0.879. The summed E-state index contributed by atoms with van der Waals surface area (Å²) in [5, 5.41) is 2.64. The zero-order valence-electron chi connectivity index (χ0n) is 13.1. The number of piperazine rings is 1. The number of carbonyl (C=O) groups excluding carboxylic acids is 1. The summed E-state index contributed by atoms with van der Waals surface area (Å²) in [7, 11) is 1.64. The highest BCUT2D eigenvalue weighted by Crippen LogP contribution is 2.21. The molecule has 1 N–H and O–H groups in total. The summed E-state index contributed by atoms with van der Waals surface area (Å²) >= 11 is 0. The third-order valence-corrected chi connectivity index (χ3v) is 4.03. The fourth-order valence-electron chi connectivity index (χ4n) is 2.75. The fraction of sp³-hybridized carbons (Fsp3) is 0.375. The maximum absolute atomic E-state index is 14.0. The van der Waals surface area contributed by atoms with E-state index in [2.05, 4.69) is 20.1 Å². The van der Waals surface area contributed by atoms with Crippen LogP contribution in [0, 0.1) is 5.82 Å². The molecule has 1 aliphatic rings. The van der Waals surface area contributed by atoms with Crippen LogP contribution >= 0.6 is 0 Å². The number of amides is 1. The molecular formula is C16H20FN5O. The van der Waals surface area contributed by atoms with Gasteiger partial charge >= 0.3 is 0 Å². The summed E-state index contributed by atoms with van der Waals surface area (Å²) in [6.07, 6.45) is 3.45. The highest BCUT2D eigenvalue weighted by molar-refractivity contribution is 5.77. The van der Waals surface area contributed by atoms with E-state index in [9.17, 15) is 9.18 Å². The van der Waals surface area contributed by atoms with Crippen LogP contribution in [0.5, 0.6) is 0 Å². The monoisotopic (exact) mass is 317 g/mol. The number of hydrogen-bond acceptors (Lipinski definition) is 4. The number of carbonyl (C=O) groups is 1. The molecule has 122 valence electrons.